The molecule has 0 saturated heterocycles. The van der Waals surface area contributed by atoms with Gasteiger partial charge in [0.2, 0.25) is 11.6 Å². The number of halogens is 2. The van der Waals surface area contributed by atoms with Gasteiger partial charge < -0.3 is 9.15 Å². The van der Waals surface area contributed by atoms with Gasteiger partial charge in [-0.05, 0) is 19.1 Å². The van der Waals surface area contributed by atoms with Crippen LogP contribution in [0, 0.1) is 11.6 Å². The lowest BCUT2D eigenvalue weighted by atomic mass is 10.1. The Morgan fingerprint density at radius 2 is 1.76 bits per heavy atom. The summed E-state index contributed by atoms with van der Waals surface area (Å²) in [6, 6.07) is 2.41. The lowest BCUT2D eigenvalue weighted by molar-refractivity contribution is 0.245. The number of benzene rings is 1. The summed E-state index contributed by atoms with van der Waals surface area (Å²) >= 11 is 0. The van der Waals surface area contributed by atoms with Crippen molar-refractivity contribution in [3.63, 3.8) is 0 Å². The average molecular weight is 298 g/mol. The van der Waals surface area contributed by atoms with Crippen molar-refractivity contribution in [2.75, 3.05) is 0 Å². The Morgan fingerprint density at radius 1 is 1.14 bits per heavy atom. The first-order valence-corrected chi connectivity index (χ1v) is 7.18. The molecular formula is C16H20F2O3. The van der Waals surface area contributed by atoms with Gasteiger partial charge in [-0.15, -0.1) is 0 Å². The lowest BCUT2D eigenvalue weighted by Crippen LogP contribution is -2.09. The van der Waals surface area contributed by atoms with Crippen molar-refractivity contribution in [1.29, 1.82) is 0 Å². The largest absolute Gasteiger partial charge is 0.483 e. The maximum Gasteiger partial charge on any atom is 0.379 e. The predicted octanol–water partition coefficient (Wildman–Crippen LogP) is 4.45. The van der Waals surface area contributed by atoms with Crippen LogP contribution in [0.5, 0.6) is 5.75 Å². The van der Waals surface area contributed by atoms with Crippen LogP contribution in [-0.4, -0.2) is 6.10 Å². The van der Waals surface area contributed by atoms with E-state index in [1.54, 1.807) is 6.92 Å². The Labute approximate surface area is 122 Å². The fraction of sp³-hybridized carbons (Fsp3) is 0.438. The third kappa shape index (κ3) is 3.06. The van der Waals surface area contributed by atoms with Gasteiger partial charge in [-0.25, -0.2) is 9.18 Å². The van der Waals surface area contributed by atoms with Gasteiger partial charge in [-0.2, -0.15) is 4.39 Å². The molecule has 1 aliphatic heterocycles. The van der Waals surface area contributed by atoms with Gasteiger partial charge in [0.25, 0.3) is 0 Å². The molecule has 21 heavy (non-hydrogen) atoms. The standard InChI is InChI=1S/C12H8F2O3.2C2H6/c1-5-4-7-6-2-3-8(13)9(14)10(6)17-12(15)11(7)16-5;2*1-2/h2-3,5H,4H2,1H3;2*1-2H3. The van der Waals surface area contributed by atoms with Crippen LogP contribution in [0.4, 0.5) is 8.78 Å². The topological polar surface area (TPSA) is 39.4 Å². The van der Waals surface area contributed by atoms with Gasteiger partial charge in [-0.1, -0.05) is 27.7 Å². The fourth-order valence-electron chi connectivity index (χ4n) is 2.11. The summed E-state index contributed by atoms with van der Waals surface area (Å²) in [6.07, 6.45) is 0.328. The van der Waals surface area contributed by atoms with Crippen molar-refractivity contribution in [2.24, 2.45) is 0 Å². The molecule has 3 rings (SSSR count). The summed E-state index contributed by atoms with van der Waals surface area (Å²) in [6.45, 7) is 9.80. The zero-order valence-electron chi connectivity index (χ0n) is 12.9. The van der Waals surface area contributed by atoms with Crippen molar-refractivity contribution in [1.82, 2.24) is 0 Å². The highest BCUT2D eigenvalue weighted by atomic mass is 19.2. The molecular weight excluding hydrogens is 278 g/mol. The molecule has 0 aliphatic carbocycles. The van der Waals surface area contributed by atoms with Crippen LogP contribution in [-0.2, 0) is 6.42 Å². The van der Waals surface area contributed by atoms with Gasteiger partial charge in [0, 0.05) is 17.4 Å². The van der Waals surface area contributed by atoms with Crippen molar-refractivity contribution in [3.8, 4) is 5.75 Å². The van der Waals surface area contributed by atoms with Crippen LogP contribution >= 0.6 is 0 Å². The van der Waals surface area contributed by atoms with Crippen LogP contribution in [0.15, 0.2) is 21.3 Å². The number of hydrogen-bond donors (Lipinski definition) is 0. The Kier molecular flexibility index (Phi) is 5.88. The van der Waals surface area contributed by atoms with E-state index in [4.69, 9.17) is 9.15 Å². The molecule has 0 N–H and O–H groups in total. The average Bonchev–Trinajstić information content (AvgIpc) is 2.90. The van der Waals surface area contributed by atoms with E-state index in [9.17, 15) is 13.6 Å². The van der Waals surface area contributed by atoms with E-state index in [2.05, 4.69) is 0 Å². The lowest BCUT2D eigenvalue weighted by Gasteiger charge is -2.03. The Hall–Kier alpha value is -1.91. The first-order chi connectivity index (χ1) is 10.1. The van der Waals surface area contributed by atoms with Crippen LogP contribution in [0.1, 0.15) is 40.2 Å². The fourth-order valence-corrected chi connectivity index (χ4v) is 2.11. The molecule has 2 heterocycles. The summed E-state index contributed by atoms with van der Waals surface area (Å²) < 4.78 is 36.6. The van der Waals surface area contributed by atoms with E-state index in [1.165, 1.54) is 6.07 Å². The molecule has 5 heteroatoms. The van der Waals surface area contributed by atoms with Crippen molar-refractivity contribution < 1.29 is 17.9 Å². The van der Waals surface area contributed by atoms with Crippen LogP contribution < -0.4 is 10.4 Å². The van der Waals surface area contributed by atoms with Gasteiger partial charge in [0.1, 0.15) is 6.10 Å². The minimum absolute atomic E-state index is 0.107. The molecule has 0 amide bonds. The van der Waals surface area contributed by atoms with Gasteiger partial charge >= 0.3 is 5.63 Å². The van der Waals surface area contributed by atoms with E-state index in [0.717, 1.165) is 6.07 Å². The second kappa shape index (κ2) is 7.20. The minimum Gasteiger partial charge on any atom is -0.483 e. The molecule has 3 nitrogen and oxygen atoms in total. The van der Waals surface area contributed by atoms with Crippen LogP contribution in [0.3, 0.4) is 0 Å². The molecule has 1 aromatic carbocycles. The zero-order chi connectivity index (χ0) is 16.2. The molecule has 1 unspecified atom stereocenters. The molecule has 1 aromatic heterocycles. The van der Waals surface area contributed by atoms with Crippen molar-refractivity contribution in [3.05, 3.63) is 39.8 Å². The molecule has 0 spiro atoms. The van der Waals surface area contributed by atoms with Gasteiger partial charge in [0.15, 0.2) is 11.4 Å². The smallest absolute Gasteiger partial charge is 0.379 e. The first kappa shape index (κ1) is 17.1. The van der Waals surface area contributed by atoms with E-state index in [0.29, 0.717) is 17.4 Å². The van der Waals surface area contributed by atoms with E-state index in [1.807, 2.05) is 27.7 Å². The highest BCUT2D eigenvalue weighted by Gasteiger charge is 2.27. The molecule has 116 valence electrons. The monoisotopic (exact) mass is 298 g/mol. The first-order valence-electron chi connectivity index (χ1n) is 7.18. The number of ether oxygens (including phenoxy) is 1. The molecule has 2 aromatic rings. The molecule has 1 atom stereocenters. The molecule has 0 fully saturated rings. The Bertz CT molecular complexity index is 677. The predicted molar refractivity (Wildman–Crippen MR) is 78.9 cm³/mol. The highest BCUT2D eigenvalue weighted by Crippen LogP contribution is 2.33. The quantitative estimate of drug-likeness (QED) is 0.675. The van der Waals surface area contributed by atoms with E-state index >= 15 is 0 Å². The van der Waals surface area contributed by atoms with Crippen LogP contribution in [0.25, 0.3) is 11.0 Å². The SMILES string of the molecule is CC.CC.CC1Cc2c(c(=O)oc3c(F)c(F)ccc23)O1. The number of hydrogen-bond acceptors (Lipinski definition) is 3. The normalized spacial score (nSPS) is 15.3. The summed E-state index contributed by atoms with van der Waals surface area (Å²) in [4.78, 5) is 11.6. The van der Waals surface area contributed by atoms with E-state index < -0.39 is 17.3 Å². The second-order valence-corrected chi connectivity index (χ2v) is 4.07. The Balaban J connectivity index is 0.000000510. The maximum atomic E-state index is 13.5. The molecule has 1 aliphatic rings. The summed E-state index contributed by atoms with van der Waals surface area (Å²) in [5, 5.41) is 0.392. The summed E-state index contributed by atoms with van der Waals surface area (Å²) in [7, 11) is 0. The van der Waals surface area contributed by atoms with Gasteiger partial charge in [-0.3, -0.25) is 0 Å². The molecule has 0 saturated carbocycles. The third-order valence-electron chi connectivity index (χ3n) is 2.84. The third-order valence-corrected chi connectivity index (χ3v) is 2.84. The van der Waals surface area contributed by atoms with Crippen LogP contribution in [0.2, 0.25) is 0 Å². The molecule has 0 radical (unpaired) electrons. The van der Waals surface area contributed by atoms with Crippen molar-refractivity contribution in [2.45, 2.75) is 47.1 Å². The summed E-state index contributed by atoms with van der Waals surface area (Å²) in [5.74, 6) is -2.06. The number of fused-ring (bicyclic) bond motifs is 3. The van der Waals surface area contributed by atoms with Crippen molar-refractivity contribution >= 4 is 11.0 Å². The maximum absolute atomic E-state index is 13.5. The second-order valence-electron chi connectivity index (χ2n) is 4.07. The zero-order valence-corrected chi connectivity index (χ0v) is 12.9. The molecule has 0 bridgehead atoms. The van der Waals surface area contributed by atoms with E-state index in [-0.39, 0.29) is 17.4 Å². The number of rotatable bonds is 0. The van der Waals surface area contributed by atoms with Gasteiger partial charge in [0.05, 0.1) is 0 Å². The minimum atomic E-state index is -1.14. The highest BCUT2D eigenvalue weighted by molar-refractivity contribution is 5.83. The summed E-state index contributed by atoms with van der Waals surface area (Å²) in [5.41, 5.74) is -0.518. The Morgan fingerprint density at radius 3 is 2.38 bits per heavy atom.